The molecule has 1 fully saturated rings. The number of nitrogens with zero attached hydrogens (tertiary/aromatic N) is 2. The molecule has 2 aromatic rings. The zero-order valence-corrected chi connectivity index (χ0v) is 15.4. The fourth-order valence-corrected chi connectivity index (χ4v) is 4.48. The van der Waals surface area contributed by atoms with Gasteiger partial charge in [0.25, 0.3) is 0 Å². The number of halogens is 5. The largest absolute Gasteiger partial charge is 0.416 e. The van der Waals surface area contributed by atoms with Gasteiger partial charge in [-0.15, -0.1) is 0 Å². The molecule has 0 aliphatic carbocycles. The summed E-state index contributed by atoms with van der Waals surface area (Å²) in [6.07, 6.45) is -4.39. The molecular weight excluding hydrogens is 403 g/mol. The third-order valence-electron chi connectivity index (χ3n) is 4.53. The molecule has 0 unspecified atom stereocenters. The van der Waals surface area contributed by atoms with Gasteiger partial charge in [-0.3, -0.25) is 4.90 Å². The average molecular weight is 420 g/mol. The minimum absolute atomic E-state index is 0.0970. The van der Waals surface area contributed by atoms with Crippen LogP contribution in [-0.2, 0) is 22.7 Å². The molecule has 1 aliphatic heterocycles. The number of piperazine rings is 1. The van der Waals surface area contributed by atoms with Crippen LogP contribution in [0.3, 0.4) is 0 Å². The lowest BCUT2D eigenvalue weighted by atomic mass is 10.1. The van der Waals surface area contributed by atoms with Crippen molar-refractivity contribution < 1.29 is 30.4 Å². The Hall–Kier alpha value is -2.04. The lowest BCUT2D eigenvalue weighted by Crippen LogP contribution is -2.48. The first-order chi connectivity index (χ1) is 13.1. The quantitative estimate of drug-likeness (QED) is 0.711. The van der Waals surface area contributed by atoms with E-state index in [4.69, 9.17) is 0 Å². The van der Waals surface area contributed by atoms with Crippen molar-refractivity contribution in [2.75, 3.05) is 26.2 Å². The molecule has 10 heteroatoms. The number of sulfonamides is 1. The van der Waals surface area contributed by atoms with Crippen molar-refractivity contribution in [2.24, 2.45) is 0 Å². The Labute approximate surface area is 159 Å². The Morgan fingerprint density at radius 2 is 1.50 bits per heavy atom. The van der Waals surface area contributed by atoms with Gasteiger partial charge >= 0.3 is 6.18 Å². The fourth-order valence-electron chi connectivity index (χ4n) is 3.01. The number of alkyl halides is 3. The van der Waals surface area contributed by atoms with E-state index >= 15 is 0 Å². The topological polar surface area (TPSA) is 40.6 Å². The zero-order valence-electron chi connectivity index (χ0n) is 14.6. The van der Waals surface area contributed by atoms with Crippen molar-refractivity contribution >= 4 is 10.0 Å². The smallest absolute Gasteiger partial charge is 0.296 e. The summed E-state index contributed by atoms with van der Waals surface area (Å²) in [4.78, 5) is 1.32. The third-order valence-corrected chi connectivity index (χ3v) is 6.46. The van der Waals surface area contributed by atoms with Crippen LogP contribution >= 0.6 is 0 Å². The predicted molar refractivity (Wildman–Crippen MR) is 91.8 cm³/mol. The van der Waals surface area contributed by atoms with Crippen LogP contribution in [0.15, 0.2) is 47.4 Å². The van der Waals surface area contributed by atoms with E-state index in [2.05, 4.69) is 0 Å². The van der Waals surface area contributed by atoms with Gasteiger partial charge in [-0.2, -0.15) is 17.5 Å². The van der Waals surface area contributed by atoms with Crippen LogP contribution in [0.5, 0.6) is 0 Å². The second-order valence-corrected chi connectivity index (χ2v) is 8.36. The number of rotatable bonds is 4. The van der Waals surface area contributed by atoms with Crippen molar-refractivity contribution in [1.82, 2.24) is 9.21 Å². The molecule has 0 saturated carbocycles. The summed E-state index contributed by atoms with van der Waals surface area (Å²) in [5, 5.41) is 0. The summed E-state index contributed by atoms with van der Waals surface area (Å²) in [5.74, 6) is -2.01. The van der Waals surface area contributed by atoms with Crippen molar-refractivity contribution in [3.8, 4) is 0 Å². The first-order valence-corrected chi connectivity index (χ1v) is 9.85. The molecule has 0 amide bonds. The monoisotopic (exact) mass is 420 g/mol. The summed E-state index contributed by atoms with van der Waals surface area (Å²) in [6.45, 7) is 1.24. The van der Waals surface area contributed by atoms with Crippen LogP contribution in [-0.4, -0.2) is 43.8 Å². The van der Waals surface area contributed by atoms with Crippen LogP contribution in [0.25, 0.3) is 0 Å². The molecule has 0 bridgehead atoms. The van der Waals surface area contributed by atoms with E-state index < -0.39 is 38.3 Å². The molecule has 3 rings (SSSR count). The Balaban J connectivity index is 1.62. The molecule has 1 aliphatic rings. The molecule has 1 saturated heterocycles. The molecule has 0 aromatic heterocycles. The Bertz CT molecular complexity index is 937. The molecule has 28 heavy (non-hydrogen) atoms. The zero-order chi connectivity index (χ0) is 20.5. The van der Waals surface area contributed by atoms with Gasteiger partial charge < -0.3 is 0 Å². The first-order valence-electron chi connectivity index (χ1n) is 8.41. The van der Waals surface area contributed by atoms with Crippen molar-refractivity contribution in [1.29, 1.82) is 0 Å². The molecule has 0 radical (unpaired) electrons. The summed E-state index contributed by atoms with van der Waals surface area (Å²) in [7, 11) is -4.09. The van der Waals surface area contributed by atoms with Crippen LogP contribution in [0, 0.1) is 11.6 Å². The standard InChI is InChI=1S/C18H17F5N2O2S/c19-15-5-6-17(16(20)11-15)28(26,27)25-9-7-24(8-10-25)12-13-1-3-14(4-2-13)18(21,22)23/h1-6,11H,7-10,12H2. The van der Waals surface area contributed by atoms with Crippen molar-refractivity contribution in [3.63, 3.8) is 0 Å². The third kappa shape index (κ3) is 4.50. The summed E-state index contributed by atoms with van der Waals surface area (Å²) in [5.41, 5.74) is -0.0534. The van der Waals surface area contributed by atoms with Gasteiger partial charge in [0.2, 0.25) is 10.0 Å². The normalized spacial score (nSPS) is 17.0. The van der Waals surface area contributed by atoms with Crippen LogP contribution in [0.4, 0.5) is 22.0 Å². The Morgan fingerprint density at radius 3 is 2.04 bits per heavy atom. The molecule has 0 N–H and O–H groups in total. The van der Waals surface area contributed by atoms with E-state index in [1.807, 2.05) is 4.90 Å². The highest BCUT2D eigenvalue weighted by atomic mass is 32.2. The maximum absolute atomic E-state index is 13.8. The summed E-state index contributed by atoms with van der Waals surface area (Å²) >= 11 is 0. The number of hydrogen-bond donors (Lipinski definition) is 0. The van der Waals surface area contributed by atoms with Gasteiger partial charge in [-0.1, -0.05) is 12.1 Å². The molecule has 4 nitrogen and oxygen atoms in total. The summed E-state index contributed by atoms with van der Waals surface area (Å²) < 4.78 is 90.9. The number of benzene rings is 2. The first kappa shape index (κ1) is 20.7. The van der Waals surface area contributed by atoms with E-state index in [0.717, 1.165) is 28.6 Å². The molecule has 2 aromatic carbocycles. The average Bonchev–Trinajstić information content (AvgIpc) is 2.61. The van der Waals surface area contributed by atoms with E-state index in [9.17, 15) is 30.4 Å². The van der Waals surface area contributed by atoms with E-state index in [0.29, 0.717) is 31.3 Å². The number of hydrogen-bond acceptors (Lipinski definition) is 3. The van der Waals surface area contributed by atoms with E-state index in [1.54, 1.807) is 0 Å². The van der Waals surface area contributed by atoms with Gasteiger partial charge in [-0.05, 0) is 29.8 Å². The van der Waals surface area contributed by atoms with Crippen molar-refractivity contribution in [2.45, 2.75) is 17.6 Å². The highest BCUT2D eigenvalue weighted by Gasteiger charge is 2.32. The fraction of sp³-hybridized carbons (Fsp3) is 0.333. The SMILES string of the molecule is O=S(=O)(c1ccc(F)cc1F)N1CCN(Cc2ccc(C(F)(F)F)cc2)CC1. The predicted octanol–water partition coefficient (Wildman–Crippen LogP) is 3.49. The Kier molecular flexibility index (Phi) is 5.74. The molecule has 0 spiro atoms. The molecule has 0 atom stereocenters. The van der Waals surface area contributed by atoms with Crippen molar-refractivity contribution in [3.05, 3.63) is 65.2 Å². The van der Waals surface area contributed by atoms with Crippen LogP contribution < -0.4 is 0 Å². The highest BCUT2D eigenvalue weighted by molar-refractivity contribution is 7.89. The minimum atomic E-state index is -4.39. The maximum atomic E-state index is 13.8. The van der Waals surface area contributed by atoms with Gasteiger partial charge in [0.15, 0.2) is 0 Å². The second-order valence-electron chi connectivity index (χ2n) is 6.45. The molecular formula is C18H17F5N2O2S. The van der Waals surface area contributed by atoms with E-state index in [1.165, 1.54) is 12.1 Å². The maximum Gasteiger partial charge on any atom is 0.416 e. The molecule has 1 heterocycles. The van der Waals surface area contributed by atoms with E-state index in [-0.39, 0.29) is 13.1 Å². The van der Waals surface area contributed by atoms with Gasteiger partial charge in [-0.25, -0.2) is 17.2 Å². The van der Waals surface area contributed by atoms with Gasteiger partial charge in [0.1, 0.15) is 16.5 Å². The lowest BCUT2D eigenvalue weighted by Gasteiger charge is -2.34. The lowest BCUT2D eigenvalue weighted by molar-refractivity contribution is -0.137. The van der Waals surface area contributed by atoms with Gasteiger partial charge in [0.05, 0.1) is 5.56 Å². The second kappa shape index (κ2) is 7.76. The van der Waals surface area contributed by atoms with Gasteiger partial charge in [0, 0.05) is 38.8 Å². The Morgan fingerprint density at radius 1 is 0.893 bits per heavy atom. The molecule has 152 valence electrons. The van der Waals surface area contributed by atoms with Crippen LogP contribution in [0.2, 0.25) is 0 Å². The summed E-state index contributed by atoms with van der Waals surface area (Å²) in [6, 6.07) is 7.10. The highest BCUT2D eigenvalue weighted by Crippen LogP contribution is 2.29. The van der Waals surface area contributed by atoms with Crippen LogP contribution in [0.1, 0.15) is 11.1 Å². The minimum Gasteiger partial charge on any atom is -0.296 e.